The zero-order chi connectivity index (χ0) is 13.8. The molecule has 0 saturated heterocycles. The molecule has 1 unspecified atom stereocenters. The van der Waals surface area contributed by atoms with Crippen molar-refractivity contribution in [3.05, 3.63) is 17.0 Å². The number of amides is 1. The number of rotatable bonds is 6. The fourth-order valence-electron chi connectivity index (χ4n) is 1.16. The summed E-state index contributed by atoms with van der Waals surface area (Å²) in [5.74, 6) is -0.304. The topological polar surface area (TPSA) is 101 Å². The van der Waals surface area contributed by atoms with Gasteiger partial charge < -0.3 is 11.1 Å². The molecule has 110 valence electrons. The third-order valence-corrected chi connectivity index (χ3v) is 5.06. The SMILES string of the molecule is Cc1ccc(S(=O)(=O)NCCNC(=O)C(C)N)s1.Cl. The first kappa shape index (κ1) is 18.3. The molecule has 1 aromatic rings. The predicted molar refractivity (Wildman–Crippen MR) is 78.2 cm³/mol. The lowest BCUT2D eigenvalue weighted by molar-refractivity contribution is -0.121. The first-order valence-corrected chi connectivity index (χ1v) is 7.72. The molecule has 0 fully saturated rings. The summed E-state index contributed by atoms with van der Waals surface area (Å²) in [6, 6.07) is 2.71. The number of carbonyl (C=O) groups excluding carboxylic acids is 1. The minimum absolute atomic E-state index is 0. The summed E-state index contributed by atoms with van der Waals surface area (Å²) in [6.07, 6.45) is 0. The molecule has 0 bridgehead atoms. The molecule has 0 aliphatic heterocycles. The van der Waals surface area contributed by atoms with Crippen LogP contribution in [0.25, 0.3) is 0 Å². The van der Waals surface area contributed by atoms with E-state index in [0.29, 0.717) is 0 Å². The first-order chi connectivity index (χ1) is 8.33. The summed E-state index contributed by atoms with van der Waals surface area (Å²) >= 11 is 1.21. The van der Waals surface area contributed by atoms with E-state index in [-0.39, 0.29) is 35.6 Å². The number of nitrogens with two attached hydrogens (primary N) is 1. The maximum Gasteiger partial charge on any atom is 0.250 e. The molecule has 1 atom stereocenters. The van der Waals surface area contributed by atoms with Crippen molar-refractivity contribution in [3.63, 3.8) is 0 Å². The molecule has 19 heavy (non-hydrogen) atoms. The summed E-state index contributed by atoms with van der Waals surface area (Å²) < 4.78 is 26.3. The van der Waals surface area contributed by atoms with Gasteiger partial charge >= 0.3 is 0 Å². The number of sulfonamides is 1. The van der Waals surface area contributed by atoms with Crippen LogP contribution in [-0.2, 0) is 14.8 Å². The molecule has 0 spiro atoms. The van der Waals surface area contributed by atoms with Gasteiger partial charge in [0.1, 0.15) is 4.21 Å². The van der Waals surface area contributed by atoms with E-state index in [1.807, 2.05) is 6.92 Å². The third-order valence-electron chi connectivity index (χ3n) is 2.11. The van der Waals surface area contributed by atoms with Crippen molar-refractivity contribution < 1.29 is 13.2 Å². The van der Waals surface area contributed by atoms with Crippen LogP contribution in [0.5, 0.6) is 0 Å². The fraction of sp³-hybridized carbons (Fsp3) is 0.500. The van der Waals surface area contributed by atoms with Crippen LogP contribution in [0.2, 0.25) is 0 Å². The van der Waals surface area contributed by atoms with E-state index in [1.54, 1.807) is 19.1 Å². The van der Waals surface area contributed by atoms with Crippen LogP contribution >= 0.6 is 23.7 Å². The van der Waals surface area contributed by atoms with Gasteiger partial charge in [-0.05, 0) is 26.0 Å². The highest BCUT2D eigenvalue weighted by molar-refractivity contribution is 7.91. The molecule has 6 nitrogen and oxygen atoms in total. The molecule has 0 aliphatic rings. The van der Waals surface area contributed by atoms with Gasteiger partial charge in [-0.15, -0.1) is 23.7 Å². The summed E-state index contributed by atoms with van der Waals surface area (Å²) in [4.78, 5) is 12.1. The molecule has 4 N–H and O–H groups in total. The minimum Gasteiger partial charge on any atom is -0.353 e. The molecule has 1 rings (SSSR count). The Bertz CT molecular complexity index is 514. The Labute approximate surface area is 123 Å². The second-order valence-electron chi connectivity index (χ2n) is 3.84. The second-order valence-corrected chi connectivity index (χ2v) is 7.12. The van der Waals surface area contributed by atoms with E-state index >= 15 is 0 Å². The average Bonchev–Trinajstić information content (AvgIpc) is 2.71. The number of thiophene rings is 1. The van der Waals surface area contributed by atoms with Crippen LogP contribution in [0.3, 0.4) is 0 Å². The van der Waals surface area contributed by atoms with E-state index in [4.69, 9.17) is 5.73 Å². The predicted octanol–water partition coefficient (Wildman–Crippen LogP) is 0.220. The van der Waals surface area contributed by atoms with Crippen LogP contribution < -0.4 is 15.8 Å². The van der Waals surface area contributed by atoms with E-state index in [0.717, 1.165) is 4.88 Å². The van der Waals surface area contributed by atoms with Gasteiger partial charge in [-0.25, -0.2) is 13.1 Å². The number of carbonyl (C=O) groups is 1. The molecule has 1 aromatic heterocycles. The largest absolute Gasteiger partial charge is 0.353 e. The van der Waals surface area contributed by atoms with Gasteiger partial charge in [0, 0.05) is 18.0 Å². The smallest absolute Gasteiger partial charge is 0.250 e. The van der Waals surface area contributed by atoms with E-state index in [9.17, 15) is 13.2 Å². The molecule has 0 saturated carbocycles. The van der Waals surface area contributed by atoms with Crippen molar-refractivity contribution in [3.8, 4) is 0 Å². The van der Waals surface area contributed by atoms with Crippen LogP contribution in [0.4, 0.5) is 0 Å². The van der Waals surface area contributed by atoms with Crippen molar-refractivity contribution in [1.82, 2.24) is 10.0 Å². The van der Waals surface area contributed by atoms with Gasteiger partial charge in [0.2, 0.25) is 15.9 Å². The van der Waals surface area contributed by atoms with E-state index in [1.165, 1.54) is 11.3 Å². The lowest BCUT2D eigenvalue weighted by atomic mass is 10.3. The van der Waals surface area contributed by atoms with E-state index in [2.05, 4.69) is 10.0 Å². The summed E-state index contributed by atoms with van der Waals surface area (Å²) in [5, 5.41) is 2.52. The van der Waals surface area contributed by atoms with Gasteiger partial charge in [0.15, 0.2) is 0 Å². The number of nitrogens with one attached hydrogen (secondary N) is 2. The van der Waals surface area contributed by atoms with Gasteiger partial charge in [0.25, 0.3) is 0 Å². The molecule has 1 amide bonds. The molecule has 0 aromatic carbocycles. The zero-order valence-corrected chi connectivity index (χ0v) is 13.1. The maximum atomic E-state index is 11.8. The maximum absolute atomic E-state index is 11.8. The lowest BCUT2D eigenvalue weighted by Crippen LogP contribution is -2.41. The zero-order valence-electron chi connectivity index (χ0n) is 10.7. The number of halogens is 1. The Kier molecular flexibility index (Phi) is 7.53. The quantitative estimate of drug-likeness (QED) is 0.650. The lowest BCUT2D eigenvalue weighted by Gasteiger charge is -2.08. The van der Waals surface area contributed by atoms with Crippen molar-refractivity contribution in [2.24, 2.45) is 5.73 Å². The standard InChI is InChI=1S/C10H17N3O3S2.ClH/c1-7-3-4-9(17-7)18(15,16)13-6-5-12-10(14)8(2)11;/h3-4,8,13H,5-6,11H2,1-2H3,(H,12,14);1H. The van der Waals surface area contributed by atoms with Crippen LogP contribution in [-0.4, -0.2) is 33.5 Å². The average molecular weight is 328 g/mol. The number of aryl methyl sites for hydroxylation is 1. The highest BCUT2D eigenvalue weighted by atomic mass is 35.5. The van der Waals surface area contributed by atoms with Gasteiger partial charge in [0.05, 0.1) is 6.04 Å². The number of hydrogen-bond donors (Lipinski definition) is 3. The Morgan fingerprint density at radius 3 is 2.53 bits per heavy atom. The number of hydrogen-bond acceptors (Lipinski definition) is 5. The Hall–Kier alpha value is -0.670. The fourth-order valence-corrected chi connectivity index (χ4v) is 3.52. The molecule has 0 radical (unpaired) electrons. The Balaban J connectivity index is 0.00000324. The van der Waals surface area contributed by atoms with Crippen molar-refractivity contribution in [2.45, 2.75) is 24.1 Å². The Morgan fingerprint density at radius 1 is 1.42 bits per heavy atom. The molecule has 1 heterocycles. The minimum atomic E-state index is -3.47. The Morgan fingerprint density at radius 2 is 2.05 bits per heavy atom. The second kappa shape index (κ2) is 7.81. The van der Waals surface area contributed by atoms with E-state index < -0.39 is 16.1 Å². The van der Waals surface area contributed by atoms with Crippen LogP contribution in [0.15, 0.2) is 16.3 Å². The monoisotopic (exact) mass is 327 g/mol. The van der Waals surface area contributed by atoms with Crippen molar-refractivity contribution in [2.75, 3.05) is 13.1 Å². The highest BCUT2D eigenvalue weighted by Crippen LogP contribution is 2.19. The summed E-state index contributed by atoms with van der Waals surface area (Å²) in [6.45, 7) is 3.75. The summed E-state index contributed by atoms with van der Waals surface area (Å²) in [5.41, 5.74) is 5.35. The molecular formula is C10H18ClN3O3S2. The summed E-state index contributed by atoms with van der Waals surface area (Å²) in [7, 11) is -3.47. The molecule has 9 heteroatoms. The van der Waals surface area contributed by atoms with Gasteiger partial charge in [-0.1, -0.05) is 0 Å². The highest BCUT2D eigenvalue weighted by Gasteiger charge is 2.15. The van der Waals surface area contributed by atoms with Crippen molar-refractivity contribution in [1.29, 1.82) is 0 Å². The molecule has 0 aliphatic carbocycles. The van der Waals surface area contributed by atoms with Crippen LogP contribution in [0, 0.1) is 6.92 Å². The van der Waals surface area contributed by atoms with Crippen LogP contribution in [0.1, 0.15) is 11.8 Å². The molecular weight excluding hydrogens is 310 g/mol. The third kappa shape index (κ3) is 5.87. The van der Waals surface area contributed by atoms with Crippen molar-refractivity contribution >= 4 is 39.7 Å². The normalized spacial score (nSPS) is 12.6. The van der Waals surface area contributed by atoms with Gasteiger partial charge in [-0.2, -0.15) is 0 Å². The first-order valence-electron chi connectivity index (χ1n) is 5.42. The van der Waals surface area contributed by atoms with Gasteiger partial charge in [-0.3, -0.25) is 4.79 Å².